The summed E-state index contributed by atoms with van der Waals surface area (Å²) in [7, 11) is 0. The van der Waals surface area contributed by atoms with Crippen LogP contribution in [0.3, 0.4) is 0 Å². The van der Waals surface area contributed by atoms with E-state index in [0.29, 0.717) is 12.3 Å². The summed E-state index contributed by atoms with van der Waals surface area (Å²) in [5, 5.41) is 6.62. The summed E-state index contributed by atoms with van der Waals surface area (Å²) in [4.78, 5) is 30.1. The van der Waals surface area contributed by atoms with Crippen molar-refractivity contribution in [1.29, 1.82) is 0 Å². The van der Waals surface area contributed by atoms with Crippen LogP contribution in [0, 0.1) is 6.92 Å². The summed E-state index contributed by atoms with van der Waals surface area (Å²) in [5.74, 6) is -0.123. The van der Waals surface area contributed by atoms with Crippen molar-refractivity contribution in [2.75, 3.05) is 13.1 Å². The molecular weight excluding hydrogens is 362 g/mol. The fourth-order valence-electron chi connectivity index (χ4n) is 2.49. The molecule has 0 aromatic carbocycles. The van der Waals surface area contributed by atoms with Crippen LogP contribution in [-0.4, -0.2) is 40.8 Å². The molecule has 0 fully saturated rings. The highest BCUT2D eigenvalue weighted by molar-refractivity contribution is 7.08. The van der Waals surface area contributed by atoms with Crippen molar-refractivity contribution >= 4 is 40.8 Å². The van der Waals surface area contributed by atoms with Crippen LogP contribution < -0.4 is 5.32 Å². The van der Waals surface area contributed by atoms with Crippen LogP contribution in [0.2, 0.25) is 5.35 Å². The molecule has 3 heterocycles. The van der Waals surface area contributed by atoms with Crippen LogP contribution in [0.1, 0.15) is 21.8 Å². The van der Waals surface area contributed by atoms with Gasteiger partial charge in [0.25, 0.3) is 11.3 Å². The Hall–Kier alpha value is -2.38. The highest BCUT2D eigenvalue weighted by atomic mass is 35.5. The molecule has 0 spiro atoms. The number of aromatic nitrogens is 1. The van der Waals surface area contributed by atoms with Gasteiger partial charge in [-0.25, -0.2) is 0 Å². The lowest BCUT2D eigenvalue weighted by atomic mass is 10.2. The van der Waals surface area contributed by atoms with E-state index in [0.717, 1.165) is 5.56 Å². The average molecular weight is 378 g/mol. The zero-order valence-electron chi connectivity index (χ0n) is 13.4. The third-order valence-corrected chi connectivity index (χ3v) is 4.63. The number of hydrogen-bond donors (Lipinski definition) is 1. The molecule has 6 nitrogen and oxygen atoms in total. The zero-order chi connectivity index (χ0) is 17.8. The summed E-state index contributed by atoms with van der Waals surface area (Å²) >= 11 is 7.23. The molecule has 1 aliphatic rings. The lowest BCUT2D eigenvalue weighted by Crippen LogP contribution is -2.43. The highest BCUT2D eigenvalue weighted by Gasteiger charge is 2.24. The van der Waals surface area contributed by atoms with Gasteiger partial charge in [0.2, 0.25) is 5.91 Å². The van der Waals surface area contributed by atoms with Gasteiger partial charge in [0.15, 0.2) is 5.69 Å². The Morgan fingerprint density at radius 3 is 3.08 bits per heavy atom. The number of amides is 2. The molecule has 1 unspecified atom stereocenters. The largest absolute Gasteiger partial charge is 0.432 e. The van der Waals surface area contributed by atoms with Gasteiger partial charge in [-0.2, -0.15) is 16.3 Å². The fraction of sp³-hybridized carbons (Fsp3) is 0.235. The molecule has 3 rings (SSSR count). The van der Waals surface area contributed by atoms with Crippen molar-refractivity contribution in [1.82, 2.24) is 15.2 Å². The van der Waals surface area contributed by atoms with Gasteiger partial charge in [0, 0.05) is 19.2 Å². The van der Waals surface area contributed by atoms with Crippen molar-refractivity contribution in [3.05, 3.63) is 57.4 Å². The van der Waals surface area contributed by atoms with Gasteiger partial charge in [-0.05, 0) is 47.0 Å². The quantitative estimate of drug-likeness (QED) is 0.642. The number of oxazole rings is 1. The molecule has 1 atom stereocenters. The first-order valence-electron chi connectivity index (χ1n) is 7.63. The molecule has 8 heteroatoms. The topological polar surface area (TPSA) is 75.4 Å². The number of nitrogens with zero attached hydrogens (tertiary/aromatic N) is 2. The number of thiophene rings is 1. The Morgan fingerprint density at radius 2 is 2.40 bits per heavy atom. The number of halogens is 1. The van der Waals surface area contributed by atoms with E-state index in [-0.39, 0.29) is 35.4 Å². The Kier molecular flexibility index (Phi) is 5.35. The number of carbonyl (C=O) groups is 2. The first-order valence-corrected chi connectivity index (χ1v) is 8.95. The maximum absolute atomic E-state index is 12.4. The second-order valence-electron chi connectivity index (χ2n) is 5.46. The lowest BCUT2D eigenvalue weighted by Gasteiger charge is -2.23. The smallest absolute Gasteiger partial charge is 0.293 e. The van der Waals surface area contributed by atoms with Gasteiger partial charge in [-0.1, -0.05) is 12.2 Å². The summed E-state index contributed by atoms with van der Waals surface area (Å²) in [5.41, 5.74) is 1.15. The first-order chi connectivity index (χ1) is 12.0. The molecule has 0 bridgehead atoms. The van der Waals surface area contributed by atoms with Crippen LogP contribution in [0.5, 0.6) is 0 Å². The van der Waals surface area contributed by atoms with E-state index in [4.69, 9.17) is 16.0 Å². The SMILES string of the molecule is Cc1oc(Cl)nc1C(=O)NCC1C=CCN1C(=O)/C=C/c1ccsc1. The van der Waals surface area contributed by atoms with E-state index >= 15 is 0 Å². The Labute approximate surface area is 153 Å². The second kappa shape index (κ2) is 7.67. The van der Waals surface area contributed by atoms with Crippen molar-refractivity contribution < 1.29 is 14.0 Å². The van der Waals surface area contributed by atoms with Crippen molar-refractivity contribution in [3.8, 4) is 0 Å². The standard InChI is InChI=1S/C17H16ClN3O3S/c1-11-15(20-17(18)24-11)16(23)19-9-13-3-2-7-21(13)14(22)5-4-12-6-8-25-10-12/h2-6,8,10,13H,7,9H2,1H3,(H,19,23)/b5-4+. The minimum atomic E-state index is -0.380. The lowest BCUT2D eigenvalue weighted by molar-refractivity contribution is -0.126. The molecule has 2 aromatic heterocycles. The Bertz CT molecular complexity index is 826. The average Bonchev–Trinajstić information content (AvgIpc) is 3.31. The van der Waals surface area contributed by atoms with Crippen LogP contribution >= 0.6 is 22.9 Å². The first kappa shape index (κ1) is 17.4. The molecular formula is C17H16ClN3O3S. The van der Waals surface area contributed by atoms with Gasteiger partial charge in [-0.3, -0.25) is 9.59 Å². The number of hydrogen-bond acceptors (Lipinski definition) is 5. The third-order valence-electron chi connectivity index (χ3n) is 3.76. The van der Waals surface area contributed by atoms with E-state index in [1.165, 1.54) is 0 Å². The fourth-order valence-corrected chi connectivity index (χ4v) is 3.32. The summed E-state index contributed by atoms with van der Waals surface area (Å²) in [6.45, 7) is 2.42. The monoisotopic (exact) mass is 377 g/mol. The zero-order valence-corrected chi connectivity index (χ0v) is 15.0. The summed E-state index contributed by atoms with van der Waals surface area (Å²) < 4.78 is 5.04. The molecule has 0 radical (unpaired) electrons. The van der Waals surface area contributed by atoms with Gasteiger partial charge >= 0.3 is 0 Å². The molecule has 1 aliphatic heterocycles. The normalized spacial score (nSPS) is 16.7. The summed E-state index contributed by atoms with van der Waals surface area (Å²) in [6, 6.07) is 1.74. The predicted octanol–water partition coefficient (Wildman–Crippen LogP) is 2.91. The molecule has 0 saturated carbocycles. The van der Waals surface area contributed by atoms with E-state index < -0.39 is 0 Å². The van der Waals surface area contributed by atoms with Gasteiger partial charge in [0.1, 0.15) is 5.76 Å². The van der Waals surface area contributed by atoms with Crippen molar-refractivity contribution in [2.24, 2.45) is 0 Å². The number of rotatable bonds is 5. The van der Waals surface area contributed by atoms with Crippen LogP contribution in [0.4, 0.5) is 0 Å². The minimum Gasteiger partial charge on any atom is -0.432 e. The summed E-state index contributed by atoms with van der Waals surface area (Å²) in [6.07, 6.45) is 7.14. The molecule has 25 heavy (non-hydrogen) atoms. The van der Waals surface area contributed by atoms with E-state index in [1.54, 1.807) is 35.3 Å². The molecule has 1 N–H and O–H groups in total. The number of carbonyl (C=O) groups excluding carboxylic acids is 2. The maximum atomic E-state index is 12.4. The van der Waals surface area contributed by atoms with E-state index in [9.17, 15) is 9.59 Å². The van der Waals surface area contributed by atoms with Gasteiger partial charge in [0.05, 0.1) is 6.04 Å². The minimum absolute atomic E-state index is 0.0706. The van der Waals surface area contributed by atoms with Crippen LogP contribution in [0.25, 0.3) is 6.08 Å². The van der Waals surface area contributed by atoms with Crippen LogP contribution in [0.15, 0.2) is 39.5 Å². The highest BCUT2D eigenvalue weighted by Crippen LogP contribution is 2.15. The van der Waals surface area contributed by atoms with Crippen molar-refractivity contribution in [2.45, 2.75) is 13.0 Å². The van der Waals surface area contributed by atoms with E-state index in [2.05, 4.69) is 10.3 Å². The molecule has 2 aromatic rings. The van der Waals surface area contributed by atoms with Gasteiger partial charge < -0.3 is 14.6 Å². The second-order valence-corrected chi connectivity index (χ2v) is 6.56. The van der Waals surface area contributed by atoms with Crippen molar-refractivity contribution in [3.63, 3.8) is 0 Å². The Morgan fingerprint density at radius 1 is 1.56 bits per heavy atom. The predicted molar refractivity (Wildman–Crippen MR) is 96.6 cm³/mol. The van der Waals surface area contributed by atoms with Crippen LogP contribution in [-0.2, 0) is 4.79 Å². The molecule has 0 saturated heterocycles. The number of nitrogens with one attached hydrogen (secondary N) is 1. The molecule has 2 amide bonds. The Balaban J connectivity index is 1.58. The van der Waals surface area contributed by atoms with Gasteiger partial charge in [-0.15, -0.1) is 0 Å². The third kappa shape index (κ3) is 4.18. The molecule has 0 aliphatic carbocycles. The maximum Gasteiger partial charge on any atom is 0.293 e. The van der Waals surface area contributed by atoms with E-state index in [1.807, 2.05) is 29.0 Å². The number of aryl methyl sites for hydroxylation is 1. The molecule has 130 valence electrons.